The van der Waals surface area contributed by atoms with E-state index in [0.717, 1.165) is 18.2 Å². The number of nitrogens with zero attached hydrogens (tertiary/aromatic N) is 1. The summed E-state index contributed by atoms with van der Waals surface area (Å²) in [6.45, 7) is 1.76. The Balaban J connectivity index is 2.09. The lowest BCUT2D eigenvalue weighted by molar-refractivity contribution is -0.151. The van der Waals surface area contributed by atoms with Crippen molar-refractivity contribution in [3.63, 3.8) is 0 Å². The minimum atomic E-state index is -1.08. The number of carbonyl (C=O) groups is 2. The summed E-state index contributed by atoms with van der Waals surface area (Å²) in [4.78, 5) is 23.5. The molecule has 0 bridgehead atoms. The van der Waals surface area contributed by atoms with Gasteiger partial charge in [0.2, 0.25) is 0 Å². The number of aliphatic hydroxyl groups excluding tert-OH is 1. The molecule has 30 heavy (non-hydrogen) atoms. The molecule has 0 spiro atoms. The molecule has 0 aliphatic heterocycles. The van der Waals surface area contributed by atoms with Crippen molar-refractivity contribution >= 4 is 28.4 Å². The topological polar surface area (TPSA) is 77.8 Å². The monoisotopic (exact) mass is 415 g/mol. The van der Waals surface area contributed by atoms with Crippen LogP contribution in [0.25, 0.3) is 16.7 Å². The van der Waals surface area contributed by atoms with Crippen LogP contribution in [0.2, 0.25) is 0 Å². The van der Waals surface area contributed by atoms with E-state index in [2.05, 4.69) is 4.74 Å². The smallest absolute Gasteiger partial charge is 0.379 e. The zero-order valence-electron chi connectivity index (χ0n) is 16.3. The maximum absolute atomic E-state index is 13.6. The number of hydrogen-bond acceptors (Lipinski definition) is 5. The first kappa shape index (κ1) is 21.0. The molecule has 156 valence electrons. The Kier molecular flexibility index (Phi) is 6.15. The standard InChI is InChI=1S/C22H19F2NO5/c1-3-30-22(28)19(27)10-18(26)14-12-25(11-13-7-8-15(23)16(24)9-13)17-5-4-6-20(29-2)21(14)17/h4-10,12,26H,3,11H2,1-2H3/b18-10+. The Morgan fingerprint density at radius 2 is 1.93 bits per heavy atom. The second-order valence-electron chi connectivity index (χ2n) is 6.39. The number of halogens is 2. The van der Waals surface area contributed by atoms with Crippen molar-refractivity contribution < 1.29 is 33.0 Å². The minimum absolute atomic E-state index is 0.0283. The SMILES string of the molecule is CCOC(=O)C(=O)/C=C(/O)c1cn(Cc2ccc(F)c(F)c2)c2cccc(OC)c12. The molecule has 6 nitrogen and oxygen atoms in total. The molecule has 0 aliphatic rings. The number of ether oxygens (including phenoxy) is 2. The summed E-state index contributed by atoms with van der Waals surface area (Å²) in [5.41, 5.74) is 1.35. The molecule has 3 rings (SSSR count). The van der Waals surface area contributed by atoms with Gasteiger partial charge in [0.1, 0.15) is 11.5 Å². The molecule has 0 unspecified atom stereocenters. The molecular formula is C22H19F2NO5. The highest BCUT2D eigenvalue weighted by Crippen LogP contribution is 2.34. The van der Waals surface area contributed by atoms with Crippen molar-refractivity contribution in [3.8, 4) is 5.75 Å². The number of aliphatic hydroxyl groups is 1. The van der Waals surface area contributed by atoms with Crippen LogP contribution in [0.3, 0.4) is 0 Å². The van der Waals surface area contributed by atoms with Gasteiger partial charge in [0.05, 0.1) is 24.6 Å². The van der Waals surface area contributed by atoms with E-state index in [0.29, 0.717) is 22.2 Å². The number of benzene rings is 2. The van der Waals surface area contributed by atoms with Gasteiger partial charge in [-0.3, -0.25) is 4.79 Å². The third-order valence-corrected chi connectivity index (χ3v) is 4.45. The highest BCUT2D eigenvalue weighted by Gasteiger charge is 2.19. The molecule has 1 N–H and O–H groups in total. The molecule has 0 atom stereocenters. The molecule has 0 aliphatic carbocycles. The number of hydrogen-bond donors (Lipinski definition) is 1. The molecule has 0 fully saturated rings. The van der Waals surface area contributed by atoms with E-state index in [1.54, 1.807) is 35.9 Å². The van der Waals surface area contributed by atoms with Crippen LogP contribution in [0, 0.1) is 11.6 Å². The summed E-state index contributed by atoms with van der Waals surface area (Å²) in [5.74, 6) is -4.03. The Hall–Kier alpha value is -3.68. The van der Waals surface area contributed by atoms with Gasteiger partial charge in [-0.2, -0.15) is 0 Å². The van der Waals surface area contributed by atoms with Crippen molar-refractivity contribution in [1.82, 2.24) is 4.57 Å². The second kappa shape index (κ2) is 8.77. The Morgan fingerprint density at radius 3 is 2.60 bits per heavy atom. The molecule has 0 saturated carbocycles. The van der Waals surface area contributed by atoms with E-state index in [1.807, 2.05) is 0 Å². The quantitative estimate of drug-likeness (QED) is 0.273. The van der Waals surface area contributed by atoms with E-state index < -0.39 is 29.1 Å². The lowest BCUT2D eigenvalue weighted by Gasteiger charge is -2.07. The first-order valence-electron chi connectivity index (χ1n) is 9.07. The van der Waals surface area contributed by atoms with E-state index in [9.17, 15) is 23.5 Å². The van der Waals surface area contributed by atoms with Crippen LogP contribution in [0.5, 0.6) is 5.75 Å². The molecule has 0 radical (unpaired) electrons. The number of esters is 1. The van der Waals surface area contributed by atoms with Crippen LogP contribution in [0.1, 0.15) is 18.1 Å². The highest BCUT2D eigenvalue weighted by molar-refractivity contribution is 6.39. The fourth-order valence-corrected chi connectivity index (χ4v) is 3.11. The molecular weight excluding hydrogens is 396 g/mol. The Morgan fingerprint density at radius 1 is 1.17 bits per heavy atom. The van der Waals surface area contributed by atoms with Gasteiger partial charge in [0, 0.05) is 24.4 Å². The lowest BCUT2D eigenvalue weighted by atomic mass is 10.1. The van der Waals surface area contributed by atoms with E-state index in [-0.39, 0.29) is 18.7 Å². The third-order valence-electron chi connectivity index (χ3n) is 4.45. The predicted octanol–water partition coefficient (Wildman–Crippen LogP) is 4.01. The van der Waals surface area contributed by atoms with Gasteiger partial charge in [0.25, 0.3) is 5.78 Å². The third kappa shape index (κ3) is 4.17. The molecule has 2 aromatic carbocycles. The van der Waals surface area contributed by atoms with Gasteiger partial charge in [-0.15, -0.1) is 0 Å². The summed E-state index contributed by atoms with van der Waals surface area (Å²) in [6.07, 6.45) is 2.32. The van der Waals surface area contributed by atoms with Crippen molar-refractivity contribution in [2.45, 2.75) is 13.5 Å². The Bertz CT molecular complexity index is 1150. The zero-order chi connectivity index (χ0) is 21.8. The maximum atomic E-state index is 13.6. The van der Waals surface area contributed by atoms with E-state index in [1.165, 1.54) is 13.2 Å². The van der Waals surface area contributed by atoms with Gasteiger partial charge < -0.3 is 19.1 Å². The molecule has 1 heterocycles. The number of carbonyl (C=O) groups excluding carboxylic acids is 2. The summed E-state index contributed by atoms with van der Waals surface area (Å²) >= 11 is 0. The van der Waals surface area contributed by atoms with Crippen molar-refractivity contribution in [2.24, 2.45) is 0 Å². The minimum Gasteiger partial charge on any atom is -0.507 e. The van der Waals surface area contributed by atoms with Crippen molar-refractivity contribution in [2.75, 3.05) is 13.7 Å². The van der Waals surface area contributed by atoms with Gasteiger partial charge in [-0.05, 0) is 36.8 Å². The fourth-order valence-electron chi connectivity index (χ4n) is 3.11. The van der Waals surface area contributed by atoms with E-state index in [4.69, 9.17) is 4.74 Å². The van der Waals surface area contributed by atoms with Crippen molar-refractivity contribution in [1.29, 1.82) is 0 Å². The maximum Gasteiger partial charge on any atom is 0.379 e. The second-order valence-corrected chi connectivity index (χ2v) is 6.39. The molecule has 3 aromatic rings. The lowest BCUT2D eigenvalue weighted by Crippen LogP contribution is -2.15. The number of fused-ring (bicyclic) bond motifs is 1. The average Bonchev–Trinajstić information content (AvgIpc) is 3.09. The fraction of sp³-hybridized carbons (Fsp3) is 0.182. The van der Waals surface area contributed by atoms with Crippen LogP contribution in [-0.2, 0) is 20.9 Å². The van der Waals surface area contributed by atoms with Gasteiger partial charge in [0.15, 0.2) is 11.6 Å². The van der Waals surface area contributed by atoms with Gasteiger partial charge in [-0.1, -0.05) is 12.1 Å². The van der Waals surface area contributed by atoms with Crippen LogP contribution in [-0.4, -0.2) is 35.1 Å². The predicted molar refractivity (Wildman–Crippen MR) is 106 cm³/mol. The van der Waals surface area contributed by atoms with Crippen LogP contribution in [0.15, 0.2) is 48.7 Å². The molecule has 0 amide bonds. The zero-order valence-corrected chi connectivity index (χ0v) is 16.3. The molecule has 8 heteroatoms. The summed E-state index contributed by atoms with van der Waals surface area (Å²) < 4.78 is 38.5. The van der Waals surface area contributed by atoms with Crippen LogP contribution >= 0.6 is 0 Å². The highest BCUT2D eigenvalue weighted by atomic mass is 19.2. The first-order valence-corrected chi connectivity index (χ1v) is 9.07. The first-order chi connectivity index (χ1) is 14.3. The Labute approximate surface area is 170 Å². The number of rotatable bonds is 7. The number of ketones is 1. The van der Waals surface area contributed by atoms with Gasteiger partial charge >= 0.3 is 5.97 Å². The summed E-state index contributed by atoms with van der Waals surface area (Å²) in [6, 6.07) is 8.73. The van der Waals surface area contributed by atoms with Gasteiger partial charge in [-0.25, -0.2) is 13.6 Å². The molecule has 0 saturated heterocycles. The van der Waals surface area contributed by atoms with Crippen LogP contribution in [0.4, 0.5) is 8.78 Å². The summed E-state index contributed by atoms with van der Waals surface area (Å²) in [5, 5.41) is 11.0. The number of aromatic nitrogens is 1. The normalized spacial score (nSPS) is 11.5. The van der Waals surface area contributed by atoms with Crippen LogP contribution < -0.4 is 4.74 Å². The molecule has 1 aromatic heterocycles. The van der Waals surface area contributed by atoms with E-state index >= 15 is 0 Å². The number of methoxy groups -OCH3 is 1. The van der Waals surface area contributed by atoms with Crippen molar-refractivity contribution in [3.05, 3.63) is 71.4 Å². The largest absolute Gasteiger partial charge is 0.507 e. The summed E-state index contributed by atoms with van der Waals surface area (Å²) in [7, 11) is 1.45. The average molecular weight is 415 g/mol.